The van der Waals surface area contributed by atoms with E-state index in [0.717, 1.165) is 13.1 Å². The zero-order chi connectivity index (χ0) is 17.9. The van der Waals surface area contributed by atoms with Crippen LogP contribution in [-0.4, -0.2) is 87.4 Å². The van der Waals surface area contributed by atoms with Gasteiger partial charge in [0.05, 0.1) is 6.61 Å². The normalized spacial score (nSPS) is 37.6. The van der Waals surface area contributed by atoms with Crippen LogP contribution in [0.4, 0.5) is 0 Å². The lowest BCUT2D eigenvalue weighted by molar-refractivity contribution is -0.553. The van der Waals surface area contributed by atoms with Gasteiger partial charge in [0.1, 0.15) is 37.6 Å². The summed E-state index contributed by atoms with van der Waals surface area (Å²) in [6.07, 6.45) is -0.452. The van der Waals surface area contributed by atoms with E-state index in [1.807, 2.05) is 18.4 Å². The summed E-state index contributed by atoms with van der Waals surface area (Å²) in [7, 11) is 1.56. The quantitative estimate of drug-likeness (QED) is 0.240. The molecular weight excluding hydrogens is 332 g/mol. The van der Waals surface area contributed by atoms with Crippen LogP contribution in [-0.2, 0) is 28.4 Å². The van der Waals surface area contributed by atoms with Crippen molar-refractivity contribution in [3.05, 3.63) is 10.4 Å². The number of ether oxygens (including phenoxy) is 6. The third kappa shape index (κ3) is 4.22. The van der Waals surface area contributed by atoms with Gasteiger partial charge in [-0.25, -0.2) is 4.58 Å². The Kier molecular flexibility index (Phi) is 5.78. The fourth-order valence-electron chi connectivity index (χ4n) is 3.21. The average molecular weight is 357 g/mol. The van der Waals surface area contributed by atoms with Gasteiger partial charge >= 0.3 is 6.40 Å². The minimum atomic E-state index is -0.779. The monoisotopic (exact) mass is 357 g/mol. The number of azide groups is 1. The number of nitrogens with zero attached hydrogens (tertiary/aromatic N) is 4. The molecule has 0 unspecified atom stereocenters. The Labute approximate surface area is 146 Å². The van der Waals surface area contributed by atoms with E-state index in [2.05, 4.69) is 10.0 Å². The third-order valence-electron chi connectivity index (χ3n) is 4.48. The van der Waals surface area contributed by atoms with Crippen molar-refractivity contribution in [3.8, 4) is 0 Å². The summed E-state index contributed by atoms with van der Waals surface area (Å²) >= 11 is 0. The lowest BCUT2D eigenvalue weighted by atomic mass is 9.96. The topological polar surface area (TPSA) is 107 Å². The summed E-state index contributed by atoms with van der Waals surface area (Å²) < 4.78 is 36.3. The molecule has 3 fully saturated rings. The Morgan fingerprint density at radius 3 is 2.76 bits per heavy atom. The number of fused-ring (bicyclic) bond motifs is 1. The van der Waals surface area contributed by atoms with E-state index in [1.165, 1.54) is 0 Å². The van der Waals surface area contributed by atoms with Crippen molar-refractivity contribution in [2.75, 3.05) is 40.0 Å². The molecule has 3 aliphatic heterocycles. The minimum Gasteiger partial charge on any atom is -0.420 e. The molecule has 0 aromatic rings. The van der Waals surface area contributed by atoms with Gasteiger partial charge in [-0.05, 0) is 19.4 Å². The van der Waals surface area contributed by atoms with Crippen LogP contribution in [0.25, 0.3) is 10.4 Å². The SMILES string of the molecule is CO[C@@H]1[C@@H](N=[N+]=[N-])[C@H](OC=[N+]2CCOCC2)O[C@@H]2COC(C)(C)O[C@H]12. The fourth-order valence-corrected chi connectivity index (χ4v) is 3.21. The fraction of sp³-hybridized carbons (Fsp3) is 0.933. The highest BCUT2D eigenvalue weighted by atomic mass is 16.8. The maximum Gasteiger partial charge on any atom is 0.326 e. The van der Waals surface area contributed by atoms with E-state index in [1.54, 1.807) is 13.5 Å². The van der Waals surface area contributed by atoms with Gasteiger partial charge in [-0.15, -0.1) is 0 Å². The molecule has 0 amide bonds. The lowest BCUT2D eigenvalue weighted by Crippen LogP contribution is -2.64. The lowest BCUT2D eigenvalue weighted by Gasteiger charge is -2.49. The van der Waals surface area contributed by atoms with Gasteiger partial charge < -0.3 is 28.4 Å². The Balaban J connectivity index is 1.77. The molecular formula is C15H25N4O6+. The van der Waals surface area contributed by atoms with E-state index in [9.17, 15) is 0 Å². The Morgan fingerprint density at radius 1 is 1.32 bits per heavy atom. The van der Waals surface area contributed by atoms with Crippen LogP contribution in [0.3, 0.4) is 0 Å². The molecule has 10 nitrogen and oxygen atoms in total. The molecule has 140 valence electrons. The molecule has 10 heteroatoms. The zero-order valence-corrected chi connectivity index (χ0v) is 14.7. The van der Waals surface area contributed by atoms with Gasteiger partial charge in [0.2, 0.25) is 6.29 Å². The van der Waals surface area contributed by atoms with Crippen molar-refractivity contribution in [1.29, 1.82) is 0 Å². The van der Waals surface area contributed by atoms with Crippen molar-refractivity contribution in [2.45, 2.75) is 50.3 Å². The second-order valence-electron chi connectivity index (χ2n) is 6.62. The molecule has 3 saturated heterocycles. The van der Waals surface area contributed by atoms with E-state index >= 15 is 0 Å². The van der Waals surface area contributed by atoms with Crippen LogP contribution in [0.2, 0.25) is 0 Å². The first-order valence-electron chi connectivity index (χ1n) is 8.39. The van der Waals surface area contributed by atoms with Crippen molar-refractivity contribution >= 4 is 6.40 Å². The predicted octanol–water partition coefficient (Wildman–Crippen LogP) is 0.644. The Morgan fingerprint density at radius 2 is 2.08 bits per heavy atom. The largest absolute Gasteiger partial charge is 0.420 e. The molecule has 0 aromatic carbocycles. The molecule has 3 rings (SSSR count). The maximum absolute atomic E-state index is 8.95. The number of morpholine rings is 1. The third-order valence-corrected chi connectivity index (χ3v) is 4.48. The van der Waals surface area contributed by atoms with E-state index < -0.39 is 30.3 Å². The second kappa shape index (κ2) is 7.86. The number of hydrogen-bond donors (Lipinski definition) is 0. The summed E-state index contributed by atoms with van der Waals surface area (Å²) in [5.74, 6) is -0.754. The Hall–Kier alpha value is -1.42. The first kappa shape index (κ1) is 18.4. The molecule has 25 heavy (non-hydrogen) atoms. The van der Waals surface area contributed by atoms with Gasteiger partial charge in [0, 0.05) is 12.0 Å². The summed E-state index contributed by atoms with van der Waals surface area (Å²) in [5.41, 5.74) is 8.95. The highest BCUT2D eigenvalue weighted by molar-refractivity contribution is 5.39. The molecule has 0 spiro atoms. The first-order valence-corrected chi connectivity index (χ1v) is 8.39. The number of rotatable bonds is 4. The van der Waals surface area contributed by atoms with Crippen molar-refractivity contribution in [1.82, 2.24) is 0 Å². The summed E-state index contributed by atoms with van der Waals surface area (Å²) in [4.78, 5) is 2.93. The standard InChI is InChI=1S/C15H25N4O6/c1-15(2)23-8-10-12(25-15)13(20-3)11(17-18-16)14(24-10)22-9-19-4-6-21-7-5-19/h9-14H,4-8H2,1-3H3/q+1/t10-,11-,12+,13-,14-/m1/s1. The van der Waals surface area contributed by atoms with Crippen LogP contribution in [0.5, 0.6) is 0 Å². The van der Waals surface area contributed by atoms with Gasteiger partial charge in [-0.1, -0.05) is 5.11 Å². The van der Waals surface area contributed by atoms with Crippen molar-refractivity contribution < 1.29 is 33.0 Å². The van der Waals surface area contributed by atoms with Crippen LogP contribution >= 0.6 is 0 Å². The zero-order valence-electron chi connectivity index (χ0n) is 14.7. The van der Waals surface area contributed by atoms with Gasteiger partial charge in [-0.3, -0.25) is 0 Å². The first-order chi connectivity index (χ1) is 12.0. The van der Waals surface area contributed by atoms with E-state index in [0.29, 0.717) is 19.8 Å². The summed E-state index contributed by atoms with van der Waals surface area (Å²) in [6, 6.07) is -0.678. The van der Waals surface area contributed by atoms with Crippen LogP contribution in [0, 0.1) is 0 Å². The molecule has 0 bridgehead atoms. The average Bonchev–Trinajstić information content (AvgIpc) is 2.60. The molecule has 0 aliphatic carbocycles. The smallest absolute Gasteiger partial charge is 0.326 e. The van der Waals surface area contributed by atoms with Gasteiger partial charge in [-0.2, -0.15) is 0 Å². The van der Waals surface area contributed by atoms with Crippen molar-refractivity contribution in [2.24, 2.45) is 5.11 Å². The number of methoxy groups -OCH3 is 1. The molecule has 0 aromatic heterocycles. The van der Waals surface area contributed by atoms with E-state index in [4.69, 9.17) is 34.0 Å². The highest BCUT2D eigenvalue weighted by Gasteiger charge is 2.52. The minimum absolute atomic E-state index is 0.345. The Bertz CT molecular complexity index is 542. The van der Waals surface area contributed by atoms with Crippen LogP contribution < -0.4 is 0 Å². The molecule has 0 N–H and O–H groups in total. The highest BCUT2D eigenvalue weighted by Crippen LogP contribution is 2.35. The maximum atomic E-state index is 8.95. The van der Waals surface area contributed by atoms with Crippen molar-refractivity contribution in [3.63, 3.8) is 0 Å². The van der Waals surface area contributed by atoms with E-state index in [-0.39, 0.29) is 6.10 Å². The molecule has 3 aliphatic rings. The molecule has 3 heterocycles. The molecule has 0 radical (unpaired) electrons. The second-order valence-corrected chi connectivity index (χ2v) is 6.62. The van der Waals surface area contributed by atoms with Crippen LogP contribution in [0.1, 0.15) is 13.8 Å². The summed E-state index contributed by atoms with van der Waals surface area (Å²) in [6.45, 7) is 6.76. The van der Waals surface area contributed by atoms with Gasteiger partial charge in [0.25, 0.3) is 0 Å². The summed E-state index contributed by atoms with van der Waals surface area (Å²) in [5, 5.41) is 3.84. The van der Waals surface area contributed by atoms with Crippen LogP contribution in [0.15, 0.2) is 5.11 Å². The molecule has 0 saturated carbocycles. The molecule has 5 atom stereocenters. The number of hydrogen-bond acceptors (Lipinski definition) is 7. The predicted molar refractivity (Wildman–Crippen MR) is 85.3 cm³/mol. The van der Waals surface area contributed by atoms with Gasteiger partial charge in [0.15, 0.2) is 18.9 Å².